The van der Waals surface area contributed by atoms with Crippen LogP contribution >= 0.6 is 15.9 Å². The van der Waals surface area contributed by atoms with Crippen molar-refractivity contribution in [3.63, 3.8) is 0 Å². The van der Waals surface area contributed by atoms with Gasteiger partial charge in [0.05, 0.1) is 6.61 Å². The number of nitrogens with zero attached hydrogens (tertiary/aromatic N) is 1. The second-order valence-electron chi connectivity index (χ2n) is 3.26. The predicted octanol–water partition coefficient (Wildman–Crippen LogP) is 3.41. The van der Waals surface area contributed by atoms with Crippen LogP contribution in [0, 0.1) is 0 Å². The average Bonchev–Trinajstić information content (AvgIpc) is 2.81. The Kier molecular flexibility index (Phi) is 3.99. The van der Waals surface area contributed by atoms with E-state index in [1.165, 1.54) is 0 Å². The molecule has 2 rings (SSSR count). The molecule has 0 aliphatic carbocycles. The van der Waals surface area contributed by atoms with Crippen molar-refractivity contribution >= 4 is 21.9 Å². The minimum atomic E-state index is -0.595. The van der Waals surface area contributed by atoms with Gasteiger partial charge in [0.1, 0.15) is 5.75 Å². The van der Waals surface area contributed by atoms with E-state index in [1.54, 1.807) is 19.1 Å². The van der Waals surface area contributed by atoms with Gasteiger partial charge in [-0.3, -0.25) is 0 Å². The van der Waals surface area contributed by atoms with Gasteiger partial charge in [0.25, 0.3) is 11.6 Å². The molecule has 94 valence electrons. The van der Waals surface area contributed by atoms with Crippen molar-refractivity contribution in [1.29, 1.82) is 0 Å². The number of rotatable bonds is 4. The molecule has 0 spiro atoms. The molecule has 1 aromatic heterocycles. The number of oxazole rings is 1. The Morgan fingerprint density at radius 3 is 2.78 bits per heavy atom. The molecule has 0 saturated carbocycles. The van der Waals surface area contributed by atoms with Gasteiger partial charge in [-0.25, -0.2) is 4.79 Å². The van der Waals surface area contributed by atoms with Gasteiger partial charge in [-0.2, -0.15) is 4.98 Å². The van der Waals surface area contributed by atoms with Crippen molar-refractivity contribution in [2.75, 3.05) is 6.61 Å². The van der Waals surface area contributed by atoms with Crippen molar-refractivity contribution in [3.8, 4) is 11.6 Å². The Bertz CT molecular complexity index is 535. The van der Waals surface area contributed by atoms with Crippen LogP contribution in [0.25, 0.3) is 0 Å². The Labute approximate surface area is 112 Å². The van der Waals surface area contributed by atoms with Crippen molar-refractivity contribution in [2.24, 2.45) is 0 Å². The maximum atomic E-state index is 11.5. The number of hydrogen-bond acceptors (Lipinski definition) is 5. The molecule has 0 aliphatic heterocycles. The van der Waals surface area contributed by atoms with Gasteiger partial charge in [0, 0.05) is 4.47 Å². The van der Waals surface area contributed by atoms with E-state index in [0.717, 1.165) is 10.9 Å². The van der Waals surface area contributed by atoms with E-state index >= 15 is 0 Å². The van der Waals surface area contributed by atoms with Crippen LogP contribution in [-0.2, 0) is 4.74 Å². The monoisotopic (exact) mass is 311 g/mol. The van der Waals surface area contributed by atoms with Gasteiger partial charge in [0.15, 0.2) is 6.39 Å². The first-order chi connectivity index (χ1) is 8.70. The zero-order chi connectivity index (χ0) is 13.0. The molecule has 2 aromatic rings. The van der Waals surface area contributed by atoms with Crippen molar-refractivity contribution in [2.45, 2.75) is 6.92 Å². The summed E-state index contributed by atoms with van der Waals surface area (Å²) < 4.78 is 16.2. The van der Waals surface area contributed by atoms with Gasteiger partial charge in [-0.1, -0.05) is 15.9 Å². The van der Waals surface area contributed by atoms with Crippen LogP contribution in [0.5, 0.6) is 11.6 Å². The number of esters is 1. The van der Waals surface area contributed by atoms with Crippen LogP contribution in [0.1, 0.15) is 17.5 Å². The lowest BCUT2D eigenvalue weighted by molar-refractivity contribution is 0.0486. The molecule has 5 nitrogen and oxygen atoms in total. The molecule has 0 aliphatic rings. The van der Waals surface area contributed by atoms with Crippen LogP contribution in [0.4, 0.5) is 0 Å². The summed E-state index contributed by atoms with van der Waals surface area (Å²) >= 11 is 3.32. The van der Waals surface area contributed by atoms with E-state index in [-0.39, 0.29) is 18.2 Å². The highest BCUT2D eigenvalue weighted by Gasteiger charge is 2.20. The Morgan fingerprint density at radius 2 is 2.11 bits per heavy atom. The number of halogens is 1. The van der Waals surface area contributed by atoms with Crippen LogP contribution in [-0.4, -0.2) is 17.6 Å². The number of aromatic nitrogens is 1. The predicted molar refractivity (Wildman–Crippen MR) is 66.7 cm³/mol. The first-order valence-corrected chi connectivity index (χ1v) is 6.04. The molecule has 0 unspecified atom stereocenters. The molecule has 1 heterocycles. The highest BCUT2D eigenvalue weighted by atomic mass is 79.9. The highest BCUT2D eigenvalue weighted by Crippen LogP contribution is 2.25. The smallest absolute Gasteiger partial charge is 0.380 e. The van der Waals surface area contributed by atoms with E-state index in [1.807, 2.05) is 12.1 Å². The van der Waals surface area contributed by atoms with E-state index in [0.29, 0.717) is 5.75 Å². The normalized spacial score (nSPS) is 10.1. The lowest BCUT2D eigenvalue weighted by atomic mass is 10.3. The van der Waals surface area contributed by atoms with Crippen LogP contribution in [0.15, 0.2) is 39.5 Å². The van der Waals surface area contributed by atoms with Gasteiger partial charge in [0.2, 0.25) is 0 Å². The summed E-state index contributed by atoms with van der Waals surface area (Å²) in [6.07, 6.45) is 1.14. The van der Waals surface area contributed by atoms with Crippen LogP contribution in [0.3, 0.4) is 0 Å². The third-order valence-electron chi connectivity index (χ3n) is 2.02. The zero-order valence-corrected chi connectivity index (χ0v) is 11.1. The summed E-state index contributed by atoms with van der Waals surface area (Å²) in [6.45, 7) is 1.97. The molecule has 18 heavy (non-hydrogen) atoms. The summed E-state index contributed by atoms with van der Waals surface area (Å²) in [4.78, 5) is 15.4. The topological polar surface area (TPSA) is 61.6 Å². The lowest BCUT2D eigenvalue weighted by Gasteiger charge is -2.03. The van der Waals surface area contributed by atoms with E-state index in [2.05, 4.69) is 20.9 Å². The van der Waals surface area contributed by atoms with E-state index < -0.39 is 5.97 Å². The lowest BCUT2D eigenvalue weighted by Crippen LogP contribution is -2.04. The maximum absolute atomic E-state index is 11.5. The van der Waals surface area contributed by atoms with Gasteiger partial charge in [-0.05, 0) is 31.2 Å². The Balaban J connectivity index is 2.17. The Morgan fingerprint density at radius 1 is 1.39 bits per heavy atom. The first kappa shape index (κ1) is 12.6. The van der Waals surface area contributed by atoms with E-state index in [9.17, 15) is 4.79 Å². The second-order valence-corrected chi connectivity index (χ2v) is 4.18. The van der Waals surface area contributed by atoms with Gasteiger partial charge >= 0.3 is 5.97 Å². The first-order valence-electron chi connectivity index (χ1n) is 5.24. The fraction of sp³-hybridized carbons (Fsp3) is 0.167. The standard InChI is InChI=1S/C12H10BrNO4/c1-2-16-12(15)10-11(14-7-17-10)18-9-5-3-8(13)4-6-9/h3-7H,2H2,1H3. The summed E-state index contributed by atoms with van der Waals surface area (Å²) in [7, 11) is 0. The van der Waals surface area contributed by atoms with Crippen molar-refractivity contribution in [3.05, 3.63) is 40.9 Å². The highest BCUT2D eigenvalue weighted by molar-refractivity contribution is 9.10. The largest absolute Gasteiger partial charge is 0.460 e. The number of ether oxygens (including phenoxy) is 2. The van der Waals surface area contributed by atoms with E-state index in [4.69, 9.17) is 13.9 Å². The summed E-state index contributed by atoms with van der Waals surface area (Å²) in [6, 6.07) is 7.13. The third-order valence-corrected chi connectivity index (χ3v) is 2.55. The Hall–Kier alpha value is -1.82. The quantitative estimate of drug-likeness (QED) is 0.810. The number of carbonyl (C=O) groups is 1. The number of carbonyl (C=O) groups excluding carboxylic acids is 1. The number of benzene rings is 1. The fourth-order valence-corrected chi connectivity index (χ4v) is 1.52. The minimum Gasteiger partial charge on any atom is -0.460 e. The summed E-state index contributed by atoms with van der Waals surface area (Å²) in [5.41, 5.74) is 0. The molecule has 0 atom stereocenters. The molecule has 0 saturated heterocycles. The third kappa shape index (κ3) is 2.89. The molecule has 0 fully saturated rings. The maximum Gasteiger partial charge on any atom is 0.380 e. The molecule has 1 aromatic carbocycles. The second kappa shape index (κ2) is 5.68. The molecule has 0 bridgehead atoms. The minimum absolute atomic E-state index is 0.0419. The van der Waals surface area contributed by atoms with Crippen LogP contribution < -0.4 is 4.74 Å². The summed E-state index contributed by atoms with van der Waals surface area (Å²) in [5.74, 6) is 0.00954. The van der Waals surface area contributed by atoms with Gasteiger partial charge in [-0.15, -0.1) is 0 Å². The molecule has 0 N–H and O–H groups in total. The summed E-state index contributed by atoms with van der Waals surface area (Å²) in [5, 5.41) is 0. The average molecular weight is 312 g/mol. The van der Waals surface area contributed by atoms with Crippen molar-refractivity contribution < 1.29 is 18.7 Å². The number of hydrogen-bond donors (Lipinski definition) is 0. The molecular formula is C12H10BrNO4. The van der Waals surface area contributed by atoms with Gasteiger partial charge < -0.3 is 13.9 Å². The molecule has 0 amide bonds. The van der Waals surface area contributed by atoms with Crippen molar-refractivity contribution in [1.82, 2.24) is 4.98 Å². The fourth-order valence-electron chi connectivity index (χ4n) is 1.25. The SMILES string of the molecule is CCOC(=O)c1ocnc1Oc1ccc(Br)cc1. The zero-order valence-electron chi connectivity index (χ0n) is 9.55. The molecule has 0 radical (unpaired) electrons. The molecular weight excluding hydrogens is 302 g/mol. The van der Waals surface area contributed by atoms with Crippen LogP contribution in [0.2, 0.25) is 0 Å². The molecule has 6 heteroatoms.